The van der Waals surface area contributed by atoms with E-state index in [2.05, 4.69) is 20.5 Å². The quantitative estimate of drug-likeness (QED) is 0.895. The van der Waals surface area contributed by atoms with Crippen LogP contribution in [-0.4, -0.2) is 62.3 Å². The molecule has 23 heavy (non-hydrogen) atoms. The maximum Gasteiger partial charge on any atom is 0.274 e. The van der Waals surface area contributed by atoms with Gasteiger partial charge in [-0.15, -0.1) is 5.10 Å². The van der Waals surface area contributed by atoms with Crippen molar-refractivity contribution in [1.82, 2.24) is 30.1 Å². The molecule has 8 heteroatoms. The summed E-state index contributed by atoms with van der Waals surface area (Å²) in [6, 6.07) is 1.89. The van der Waals surface area contributed by atoms with Crippen molar-refractivity contribution in [2.45, 2.75) is 30.8 Å². The molecule has 2 fully saturated rings. The number of hydrogen-bond acceptors (Lipinski definition) is 5. The minimum absolute atomic E-state index is 0.0412. The molecule has 1 N–H and O–H groups in total. The molecule has 1 aliphatic carbocycles. The highest BCUT2D eigenvalue weighted by atomic mass is 16.5. The maximum absolute atomic E-state index is 12.7. The Morgan fingerprint density at radius 2 is 2.22 bits per heavy atom. The molecule has 122 valence electrons. The molecule has 4 rings (SSSR count). The number of aryl methyl sites for hydroxylation is 1. The number of hydrogen-bond donors (Lipinski definition) is 1. The monoisotopic (exact) mass is 316 g/mol. The van der Waals surface area contributed by atoms with Gasteiger partial charge in [-0.2, -0.15) is 5.10 Å². The summed E-state index contributed by atoms with van der Waals surface area (Å²) in [5.41, 5.74) is 2.42. The van der Waals surface area contributed by atoms with Crippen molar-refractivity contribution < 1.29 is 9.53 Å². The normalized spacial score (nSPS) is 24.3. The Hall–Kier alpha value is -2.22. The second-order valence-corrected chi connectivity index (χ2v) is 6.39. The van der Waals surface area contributed by atoms with Crippen molar-refractivity contribution in [2.75, 3.05) is 20.2 Å². The summed E-state index contributed by atoms with van der Waals surface area (Å²) in [4.78, 5) is 14.5. The number of amides is 1. The summed E-state index contributed by atoms with van der Waals surface area (Å²) in [7, 11) is 3.50. The fraction of sp³-hybridized carbons (Fsp3) is 0.600. The van der Waals surface area contributed by atoms with Crippen LogP contribution in [0.25, 0.3) is 0 Å². The first kappa shape index (κ1) is 14.4. The number of methoxy groups -OCH3 is 1. The molecule has 2 aromatic rings. The Balaban J connectivity index is 1.51. The molecule has 2 atom stereocenters. The number of ether oxygens (including phenoxy) is 1. The molecule has 2 aromatic heterocycles. The number of likely N-dealkylation sites (tertiary alicyclic amines) is 1. The highest BCUT2D eigenvalue weighted by molar-refractivity contribution is 5.92. The van der Waals surface area contributed by atoms with Crippen LogP contribution >= 0.6 is 0 Å². The van der Waals surface area contributed by atoms with Gasteiger partial charge in [-0.05, 0) is 18.9 Å². The summed E-state index contributed by atoms with van der Waals surface area (Å²) in [6.45, 7) is 1.11. The highest BCUT2D eigenvalue weighted by Gasteiger charge is 2.39. The van der Waals surface area contributed by atoms with Crippen LogP contribution in [0.3, 0.4) is 0 Å². The number of aromatic amines is 1. The third kappa shape index (κ3) is 2.63. The van der Waals surface area contributed by atoms with Gasteiger partial charge in [-0.3, -0.25) is 14.6 Å². The van der Waals surface area contributed by atoms with E-state index in [1.165, 1.54) is 12.8 Å². The molecule has 0 spiro atoms. The summed E-state index contributed by atoms with van der Waals surface area (Å²) in [5.74, 6) is 0.544. The molecule has 1 saturated heterocycles. The molecule has 0 unspecified atom stereocenters. The first-order valence-corrected chi connectivity index (χ1v) is 7.89. The van der Waals surface area contributed by atoms with Crippen LogP contribution in [0.15, 0.2) is 12.3 Å². The summed E-state index contributed by atoms with van der Waals surface area (Å²) in [6.07, 6.45) is 4.17. The predicted molar refractivity (Wildman–Crippen MR) is 81.0 cm³/mol. The third-order valence-corrected chi connectivity index (χ3v) is 4.69. The van der Waals surface area contributed by atoms with Gasteiger partial charge in [0.15, 0.2) is 0 Å². The number of H-pyrrole nitrogens is 1. The summed E-state index contributed by atoms with van der Waals surface area (Å²) >= 11 is 0. The van der Waals surface area contributed by atoms with E-state index in [1.54, 1.807) is 16.7 Å². The Bertz CT molecular complexity index is 719. The zero-order valence-electron chi connectivity index (χ0n) is 13.3. The summed E-state index contributed by atoms with van der Waals surface area (Å²) < 4.78 is 7.23. The lowest BCUT2D eigenvalue weighted by molar-refractivity contribution is 0.0709. The van der Waals surface area contributed by atoms with Crippen molar-refractivity contribution in [3.8, 4) is 0 Å². The van der Waals surface area contributed by atoms with E-state index < -0.39 is 0 Å². The van der Waals surface area contributed by atoms with Gasteiger partial charge in [0.05, 0.1) is 17.7 Å². The average Bonchev–Trinajstić information content (AvgIpc) is 2.99. The Labute approximate surface area is 133 Å². The molecule has 3 heterocycles. The van der Waals surface area contributed by atoms with Crippen molar-refractivity contribution in [2.24, 2.45) is 7.05 Å². The lowest BCUT2D eigenvalue weighted by Gasteiger charge is -2.13. The van der Waals surface area contributed by atoms with Gasteiger partial charge in [0, 0.05) is 45.1 Å². The van der Waals surface area contributed by atoms with Crippen LogP contribution in [0.1, 0.15) is 46.6 Å². The number of nitrogens with zero attached hydrogens (tertiary/aromatic N) is 5. The van der Waals surface area contributed by atoms with Gasteiger partial charge in [-0.1, -0.05) is 5.21 Å². The smallest absolute Gasteiger partial charge is 0.274 e. The van der Waals surface area contributed by atoms with E-state index in [0.717, 1.165) is 11.4 Å². The molecule has 0 radical (unpaired) electrons. The van der Waals surface area contributed by atoms with Gasteiger partial charge in [0.1, 0.15) is 5.69 Å². The number of carbonyl (C=O) groups excluding carboxylic acids is 1. The van der Waals surface area contributed by atoms with Crippen molar-refractivity contribution in [3.63, 3.8) is 0 Å². The highest BCUT2D eigenvalue weighted by Crippen LogP contribution is 2.39. The molecule has 1 amide bonds. The van der Waals surface area contributed by atoms with Crippen molar-refractivity contribution in [3.05, 3.63) is 29.3 Å². The SMILES string of the molecule is CO[C@@H]1CN(C(=O)c2cc(C3CC3)[nH]n2)C[C@H]1c1cn(C)nn1. The van der Waals surface area contributed by atoms with Crippen LogP contribution < -0.4 is 0 Å². The fourth-order valence-corrected chi connectivity index (χ4v) is 3.21. The van der Waals surface area contributed by atoms with Crippen LogP contribution in [0.2, 0.25) is 0 Å². The fourth-order valence-electron chi connectivity index (χ4n) is 3.21. The average molecular weight is 316 g/mol. The molecule has 0 bridgehead atoms. The summed E-state index contributed by atoms with van der Waals surface area (Å²) in [5, 5.41) is 15.3. The Morgan fingerprint density at radius 1 is 1.39 bits per heavy atom. The molecule has 0 aromatic carbocycles. The molecule has 1 saturated carbocycles. The second kappa shape index (κ2) is 5.45. The minimum atomic E-state index is -0.0718. The molecule has 1 aliphatic heterocycles. The van der Waals surface area contributed by atoms with Crippen LogP contribution in [0.4, 0.5) is 0 Å². The van der Waals surface area contributed by atoms with Gasteiger partial charge < -0.3 is 9.64 Å². The molecular weight excluding hydrogens is 296 g/mol. The molecule has 8 nitrogen and oxygen atoms in total. The number of aromatic nitrogens is 5. The standard InChI is InChI=1S/C15H20N6O2/c1-20-7-13(18-19-20)10-6-21(8-14(10)23-2)15(22)12-5-11(16-17-12)9-3-4-9/h5,7,9-10,14H,3-4,6,8H2,1-2H3,(H,16,17)/t10-,14+/m0/s1. The lowest BCUT2D eigenvalue weighted by atomic mass is 10.0. The van der Waals surface area contributed by atoms with E-state index in [0.29, 0.717) is 24.7 Å². The van der Waals surface area contributed by atoms with Crippen molar-refractivity contribution in [1.29, 1.82) is 0 Å². The first-order chi connectivity index (χ1) is 11.2. The van der Waals surface area contributed by atoms with Gasteiger partial charge >= 0.3 is 0 Å². The minimum Gasteiger partial charge on any atom is -0.379 e. The topological polar surface area (TPSA) is 88.9 Å². The van der Waals surface area contributed by atoms with Crippen molar-refractivity contribution >= 4 is 5.91 Å². The van der Waals surface area contributed by atoms with Crippen LogP contribution in [0.5, 0.6) is 0 Å². The van der Waals surface area contributed by atoms with E-state index in [9.17, 15) is 4.79 Å². The van der Waals surface area contributed by atoms with E-state index in [1.807, 2.05) is 19.3 Å². The zero-order chi connectivity index (χ0) is 16.0. The zero-order valence-corrected chi connectivity index (χ0v) is 13.3. The van der Waals surface area contributed by atoms with Crippen LogP contribution in [-0.2, 0) is 11.8 Å². The lowest BCUT2D eigenvalue weighted by Crippen LogP contribution is -2.30. The van der Waals surface area contributed by atoms with Gasteiger partial charge in [0.25, 0.3) is 5.91 Å². The second-order valence-electron chi connectivity index (χ2n) is 6.39. The number of nitrogens with one attached hydrogen (secondary N) is 1. The molecular formula is C15H20N6O2. The number of carbonyl (C=O) groups is 1. The predicted octanol–water partition coefficient (Wildman–Crippen LogP) is 0.670. The maximum atomic E-state index is 12.7. The number of rotatable bonds is 4. The third-order valence-electron chi connectivity index (χ3n) is 4.69. The van der Waals surface area contributed by atoms with E-state index in [4.69, 9.17) is 4.74 Å². The Morgan fingerprint density at radius 3 is 2.87 bits per heavy atom. The van der Waals surface area contributed by atoms with Crippen LogP contribution in [0, 0.1) is 0 Å². The van der Waals surface area contributed by atoms with Gasteiger partial charge in [-0.25, -0.2) is 0 Å². The van der Waals surface area contributed by atoms with E-state index in [-0.39, 0.29) is 17.9 Å². The largest absolute Gasteiger partial charge is 0.379 e. The van der Waals surface area contributed by atoms with E-state index >= 15 is 0 Å². The van der Waals surface area contributed by atoms with Gasteiger partial charge in [0.2, 0.25) is 0 Å². The Kier molecular flexibility index (Phi) is 3.41. The molecule has 2 aliphatic rings. The first-order valence-electron chi connectivity index (χ1n) is 7.89.